The molecule has 0 saturated carbocycles. The fraction of sp³-hybridized carbons (Fsp3) is 0.125. The molecule has 120 valence electrons. The summed E-state index contributed by atoms with van der Waals surface area (Å²) in [4.78, 5) is 22.9. The molecule has 7 heteroatoms. The van der Waals surface area contributed by atoms with Gasteiger partial charge < -0.3 is 15.4 Å². The van der Waals surface area contributed by atoms with Gasteiger partial charge in [-0.3, -0.25) is 9.59 Å². The molecule has 2 rings (SSSR count). The third-order valence-electron chi connectivity index (χ3n) is 2.76. The third kappa shape index (κ3) is 4.96. The lowest BCUT2D eigenvalue weighted by Gasteiger charge is -2.12. The van der Waals surface area contributed by atoms with Crippen LogP contribution >= 0.6 is 11.6 Å². The van der Waals surface area contributed by atoms with Crippen molar-refractivity contribution in [1.29, 1.82) is 0 Å². The van der Waals surface area contributed by atoms with E-state index in [2.05, 4.69) is 10.6 Å². The van der Waals surface area contributed by atoms with E-state index < -0.39 is 11.7 Å². The van der Waals surface area contributed by atoms with Crippen molar-refractivity contribution in [3.8, 4) is 5.75 Å². The largest absolute Gasteiger partial charge is 0.482 e. The van der Waals surface area contributed by atoms with Crippen LogP contribution in [0.15, 0.2) is 42.5 Å². The van der Waals surface area contributed by atoms with Gasteiger partial charge in [0.1, 0.15) is 11.6 Å². The standard InChI is InChI=1S/C16H14ClFN2O3/c1-10(21)19-14-4-2-3-5-15(14)23-9-16(22)20-13-7-6-11(17)8-12(13)18/h2-8H,9H2,1H3,(H,19,21)(H,20,22). The van der Waals surface area contributed by atoms with Gasteiger partial charge in [-0.2, -0.15) is 0 Å². The molecule has 0 fully saturated rings. The number of para-hydroxylation sites is 2. The molecular weight excluding hydrogens is 323 g/mol. The first-order valence-electron chi connectivity index (χ1n) is 6.70. The highest BCUT2D eigenvalue weighted by Gasteiger charge is 2.10. The summed E-state index contributed by atoms with van der Waals surface area (Å²) in [5, 5.41) is 5.21. The first kappa shape index (κ1) is 16.8. The van der Waals surface area contributed by atoms with Crippen molar-refractivity contribution >= 4 is 34.8 Å². The predicted molar refractivity (Wildman–Crippen MR) is 86.3 cm³/mol. The SMILES string of the molecule is CC(=O)Nc1ccccc1OCC(=O)Nc1ccc(Cl)cc1F. The van der Waals surface area contributed by atoms with Gasteiger partial charge >= 0.3 is 0 Å². The van der Waals surface area contributed by atoms with Gasteiger partial charge in [0.25, 0.3) is 5.91 Å². The van der Waals surface area contributed by atoms with Crippen LogP contribution < -0.4 is 15.4 Å². The minimum absolute atomic E-state index is 0.0122. The fourth-order valence-electron chi connectivity index (χ4n) is 1.81. The molecule has 2 N–H and O–H groups in total. The molecular formula is C16H14ClFN2O3. The number of rotatable bonds is 5. The van der Waals surface area contributed by atoms with E-state index in [1.807, 2.05) is 0 Å². The van der Waals surface area contributed by atoms with E-state index in [9.17, 15) is 14.0 Å². The van der Waals surface area contributed by atoms with E-state index in [0.29, 0.717) is 11.4 Å². The van der Waals surface area contributed by atoms with Crippen LogP contribution in [-0.4, -0.2) is 18.4 Å². The summed E-state index contributed by atoms with van der Waals surface area (Å²) < 4.78 is 19.0. The highest BCUT2D eigenvalue weighted by molar-refractivity contribution is 6.30. The molecule has 2 aromatic rings. The van der Waals surface area contributed by atoms with E-state index in [0.717, 1.165) is 6.07 Å². The number of hydrogen-bond donors (Lipinski definition) is 2. The number of ether oxygens (including phenoxy) is 1. The summed E-state index contributed by atoms with van der Waals surface area (Å²) in [6.07, 6.45) is 0. The topological polar surface area (TPSA) is 67.4 Å². The van der Waals surface area contributed by atoms with Crippen LogP contribution in [0.4, 0.5) is 15.8 Å². The minimum Gasteiger partial charge on any atom is -0.482 e. The minimum atomic E-state index is -0.635. The maximum absolute atomic E-state index is 13.6. The molecule has 23 heavy (non-hydrogen) atoms. The van der Waals surface area contributed by atoms with E-state index in [-0.39, 0.29) is 23.2 Å². The van der Waals surface area contributed by atoms with Crippen LogP contribution in [0.5, 0.6) is 5.75 Å². The lowest BCUT2D eigenvalue weighted by molar-refractivity contribution is -0.118. The van der Waals surface area contributed by atoms with Crippen molar-refractivity contribution < 1.29 is 18.7 Å². The quantitative estimate of drug-likeness (QED) is 0.878. The van der Waals surface area contributed by atoms with Crippen molar-refractivity contribution in [2.45, 2.75) is 6.92 Å². The van der Waals surface area contributed by atoms with Gasteiger partial charge in [-0.25, -0.2) is 4.39 Å². The Morgan fingerprint density at radius 2 is 1.87 bits per heavy atom. The molecule has 0 aliphatic rings. The van der Waals surface area contributed by atoms with E-state index in [1.54, 1.807) is 24.3 Å². The lowest BCUT2D eigenvalue weighted by atomic mass is 10.3. The maximum atomic E-state index is 13.6. The molecule has 2 amide bonds. The summed E-state index contributed by atoms with van der Waals surface area (Å²) in [6, 6.07) is 10.6. The van der Waals surface area contributed by atoms with Crippen molar-refractivity contribution in [2.24, 2.45) is 0 Å². The summed E-state index contributed by atoms with van der Waals surface area (Å²) in [5.74, 6) is -1.09. The van der Waals surface area contributed by atoms with Crippen LogP contribution in [0.2, 0.25) is 5.02 Å². The monoisotopic (exact) mass is 336 g/mol. The molecule has 0 bridgehead atoms. The molecule has 0 radical (unpaired) electrons. The highest BCUT2D eigenvalue weighted by Crippen LogP contribution is 2.24. The number of hydrogen-bond acceptors (Lipinski definition) is 3. The van der Waals surface area contributed by atoms with Gasteiger partial charge in [0.15, 0.2) is 6.61 Å². The normalized spacial score (nSPS) is 10.0. The predicted octanol–water partition coefficient (Wildman–Crippen LogP) is 3.46. The van der Waals surface area contributed by atoms with E-state index >= 15 is 0 Å². The van der Waals surface area contributed by atoms with Gasteiger partial charge in [-0.05, 0) is 30.3 Å². The van der Waals surface area contributed by atoms with Crippen molar-refractivity contribution in [2.75, 3.05) is 17.2 Å². The number of benzene rings is 2. The number of nitrogens with one attached hydrogen (secondary N) is 2. The zero-order valence-corrected chi connectivity index (χ0v) is 13.0. The van der Waals surface area contributed by atoms with Gasteiger partial charge in [0, 0.05) is 11.9 Å². The number of amides is 2. The molecule has 2 aromatic carbocycles. The Labute approximate surface area is 137 Å². The zero-order valence-electron chi connectivity index (χ0n) is 12.2. The second-order valence-corrected chi connectivity index (χ2v) is 5.07. The van der Waals surface area contributed by atoms with Crippen LogP contribution in [0, 0.1) is 5.82 Å². The molecule has 0 heterocycles. The molecule has 0 unspecified atom stereocenters. The maximum Gasteiger partial charge on any atom is 0.262 e. The highest BCUT2D eigenvalue weighted by atomic mass is 35.5. The average Bonchev–Trinajstić information content (AvgIpc) is 2.49. The molecule has 0 atom stereocenters. The summed E-state index contributed by atoms with van der Waals surface area (Å²) in [5.41, 5.74) is 0.462. The Bertz CT molecular complexity index is 737. The summed E-state index contributed by atoms with van der Waals surface area (Å²) >= 11 is 5.64. The first-order valence-corrected chi connectivity index (χ1v) is 7.08. The van der Waals surface area contributed by atoms with Crippen molar-refractivity contribution in [3.05, 3.63) is 53.3 Å². The summed E-state index contributed by atoms with van der Waals surface area (Å²) in [6.45, 7) is 1.03. The second-order valence-electron chi connectivity index (χ2n) is 4.64. The van der Waals surface area contributed by atoms with Crippen LogP contribution in [0.25, 0.3) is 0 Å². The Hall–Kier alpha value is -2.60. The Morgan fingerprint density at radius 1 is 1.13 bits per heavy atom. The number of carbonyl (C=O) groups excluding carboxylic acids is 2. The van der Waals surface area contributed by atoms with E-state index in [1.165, 1.54) is 19.1 Å². The molecule has 0 aliphatic heterocycles. The zero-order chi connectivity index (χ0) is 16.8. The second kappa shape index (κ2) is 7.60. The van der Waals surface area contributed by atoms with Crippen LogP contribution in [-0.2, 0) is 9.59 Å². The lowest BCUT2D eigenvalue weighted by Crippen LogP contribution is -2.21. The molecule has 0 spiro atoms. The van der Waals surface area contributed by atoms with Gasteiger partial charge in [-0.15, -0.1) is 0 Å². The molecule has 0 saturated heterocycles. The van der Waals surface area contributed by atoms with Crippen LogP contribution in [0.1, 0.15) is 6.92 Å². The Balaban J connectivity index is 1.98. The molecule has 0 aliphatic carbocycles. The van der Waals surface area contributed by atoms with Crippen LogP contribution in [0.3, 0.4) is 0 Å². The van der Waals surface area contributed by atoms with Crippen molar-refractivity contribution in [1.82, 2.24) is 0 Å². The third-order valence-corrected chi connectivity index (χ3v) is 3.00. The Morgan fingerprint density at radius 3 is 2.57 bits per heavy atom. The number of anilines is 2. The smallest absolute Gasteiger partial charge is 0.262 e. The fourth-order valence-corrected chi connectivity index (χ4v) is 1.96. The average molecular weight is 337 g/mol. The molecule has 5 nitrogen and oxygen atoms in total. The first-order chi connectivity index (χ1) is 11.0. The van der Waals surface area contributed by atoms with Gasteiger partial charge in [-0.1, -0.05) is 23.7 Å². The van der Waals surface area contributed by atoms with Crippen molar-refractivity contribution in [3.63, 3.8) is 0 Å². The van der Waals surface area contributed by atoms with Gasteiger partial charge in [0.05, 0.1) is 11.4 Å². The Kier molecular flexibility index (Phi) is 5.54. The van der Waals surface area contributed by atoms with Gasteiger partial charge in [0.2, 0.25) is 5.91 Å². The molecule has 0 aromatic heterocycles. The van der Waals surface area contributed by atoms with E-state index in [4.69, 9.17) is 16.3 Å². The number of carbonyl (C=O) groups is 2. The number of halogens is 2. The summed E-state index contributed by atoms with van der Waals surface area (Å²) in [7, 11) is 0.